The molecule has 134 valence electrons. The number of rotatable bonds is 8. The van der Waals surface area contributed by atoms with Crippen molar-refractivity contribution in [3.05, 3.63) is 66.6 Å². The fourth-order valence-electron chi connectivity index (χ4n) is 2.60. The van der Waals surface area contributed by atoms with E-state index in [1.54, 1.807) is 21.9 Å². The van der Waals surface area contributed by atoms with Crippen LogP contribution in [-0.2, 0) is 0 Å². The molecule has 0 spiro atoms. The van der Waals surface area contributed by atoms with Crippen LogP contribution in [0.3, 0.4) is 0 Å². The van der Waals surface area contributed by atoms with Gasteiger partial charge in [-0.15, -0.1) is 5.10 Å². The molecule has 0 bridgehead atoms. The van der Waals surface area contributed by atoms with Gasteiger partial charge in [-0.2, -0.15) is 4.68 Å². The van der Waals surface area contributed by atoms with Crippen LogP contribution >= 0.6 is 0 Å². The first kappa shape index (κ1) is 17.8. The van der Waals surface area contributed by atoms with Crippen LogP contribution in [0.15, 0.2) is 60.8 Å². The first-order chi connectivity index (χ1) is 12.8. The first-order valence-electron chi connectivity index (χ1n) is 8.40. The largest absolute Gasteiger partial charge is 0.395 e. The number of aliphatic hydroxyl groups excluding tert-OH is 2. The molecule has 0 saturated carbocycles. The summed E-state index contributed by atoms with van der Waals surface area (Å²) in [5, 5.41) is 30.0. The van der Waals surface area contributed by atoms with Gasteiger partial charge in [0, 0.05) is 25.4 Å². The Hall–Kier alpha value is -3.03. The third kappa shape index (κ3) is 4.33. The molecular weight excluding hydrogens is 330 g/mol. The molecule has 1 heterocycles. The maximum absolute atomic E-state index is 9.07. The third-order valence-electron chi connectivity index (χ3n) is 3.92. The Morgan fingerprint density at radius 3 is 2.19 bits per heavy atom. The number of nitrogens with zero attached hydrogens (tertiary/aromatic N) is 5. The van der Waals surface area contributed by atoms with Gasteiger partial charge in [0.15, 0.2) is 5.82 Å². The highest BCUT2D eigenvalue weighted by atomic mass is 16.3. The van der Waals surface area contributed by atoms with E-state index in [1.165, 1.54) is 0 Å². The van der Waals surface area contributed by atoms with Crippen molar-refractivity contribution in [3.8, 4) is 16.8 Å². The standard InChI is InChI=1S/C19H21N5O2/c25-14-12-23(13-15-26)11-10-19-20-21-22-24(19)18-8-6-17(7-9-18)16-4-2-1-3-5-16/h1-11,25-26H,12-15H2/b11-10+. The van der Waals surface area contributed by atoms with E-state index >= 15 is 0 Å². The van der Waals surface area contributed by atoms with Crippen LogP contribution in [0.4, 0.5) is 0 Å². The molecule has 3 aromatic rings. The Bertz CT molecular complexity index is 825. The van der Waals surface area contributed by atoms with E-state index in [0.717, 1.165) is 16.8 Å². The average Bonchev–Trinajstić information content (AvgIpc) is 3.16. The van der Waals surface area contributed by atoms with Crippen LogP contribution in [-0.4, -0.2) is 61.6 Å². The third-order valence-corrected chi connectivity index (χ3v) is 3.92. The van der Waals surface area contributed by atoms with Crippen molar-refractivity contribution >= 4 is 6.08 Å². The molecule has 0 aliphatic carbocycles. The molecule has 7 nitrogen and oxygen atoms in total. The lowest BCUT2D eigenvalue weighted by atomic mass is 10.1. The zero-order valence-electron chi connectivity index (χ0n) is 14.3. The van der Waals surface area contributed by atoms with E-state index in [2.05, 4.69) is 27.7 Å². The minimum atomic E-state index is 0.0101. The summed E-state index contributed by atoms with van der Waals surface area (Å²) in [5.41, 5.74) is 3.13. The van der Waals surface area contributed by atoms with E-state index in [9.17, 15) is 0 Å². The van der Waals surface area contributed by atoms with Crippen LogP contribution in [0.25, 0.3) is 22.9 Å². The summed E-state index contributed by atoms with van der Waals surface area (Å²) in [6.45, 7) is 0.890. The van der Waals surface area contributed by atoms with Crippen LogP contribution < -0.4 is 0 Å². The van der Waals surface area contributed by atoms with Crippen LogP contribution in [0.5, 0.6) is 0 Å². The second kappa shape index (κ2) is 8.89. The normalized spacial score (nSPS) is 11.2. The summed E-state index contributed by atoms with van der Waals surface area (Å²) < 4.78 is 1.64. The molecular formula is C19H21N5O2. The number of benzene rings is 2. The zero-order chi connectivity index (χ0) is 18.2. The maximum Gasteiger partial charge on any atom is 0.181 e. The molecule has 2 N–H and O–H groups in total. The van der Waals surface area contributed by atoms with Crippen LogP contribution in [0, 0.1) is 0 Å². The van der Waals surface area contributed by atoms with Gasteiger partial charge in [0.05, 0.1) is 18.9 Å². The molecule has 0 unspecified atom stereocenters. The summed E-state index contributed by atoms with van der Waals surface area (Å²) in [4.78, 5) is 1.80. The second-order valence-corrected chi connectivity index (χ2v) is 5.66. The van der Waals surface area contributed by atoms with Gasteiger partial charge in [0.2, 0.25) is 0 Å². The van der Waals surface area contributed by atoms with Crippen molar-refractivity contribution in [1.29, 1.82) is 0 Å². The Morgan fingerprint density at radius 2 is 1.54 bits per heavy atom. The van der Waals surface area contributed by atoms with Crippen molar-refractivity contribution < 1.29 is 10.2 Å². The monoisotopic (exact) mass is 351 g/mol. The van der Waals surface area contributed by atoms with Gasteiger partial charge >= 0.3 is 0 Å². The van der Waals surface area contributed by atoms with Crippen molar-refractivity contribution in [3.63, 3.8) is 0 Å². The van der Waals surface area contributed by atoms with Crippen molar-refractivity contribution in [1.82, 2.24) is 25.1 Å². The Kier molecular flexibility index (Phi) is 6.08. The van der Waals surface area contributed by atoms with E-state index < -0.39 is 0 Å². The van der Waals surface area contributed by atoms with E-state index in [-0.39, 0.29) is 13.2 Å². The molecule has 3 rings (SSSR count). The van der Waals surface area contributed by atoms with Crippen LogP contribution in [0.2, 0.25) is 0 Å². The molecule has 0 saturated heterocycles. The lowest BCUT2D eigenvalue weighted by molar-refractivity contribution is 0.199. The smallest absolute Gasteiger partial charge is 0.181 e. The van der Waals surface area contributed by atoms with Gasteiger partial charge in [-0.1, -0.05) is 42.5 Å². The van der Waals surface area contributed by atoms with Crippen molar-refractivity contribution in [2.45, 2.75) is 0 Å². The molecule has 1 aromatic heterocycles. The average molecular weight is 351 g/mol. The second-order valence-electron chi connectivity index (χ2n) is 5.66. The zero-order valence-corrected chi connectivity index (χ0v) is 14.3. The highest BCUT2D eigenvalue weighted by Gasteiger charge is 2.07. The fraction of sp³-hybridized carbons (Fsp3) is 0.211. The molecule has 0 radical (unpaired) electrons. The van der Waals surface area contributed by atoms with E-state index in [0.29, 0.717) is 18.9 Å². The van der Waals surface area contributed by atoms with Gasteiger partial charge in [-0.25, -0.2) is 0 Å². The fourth-order valence-corrected chi connectivity index (χ4v) is 2.60. The van der Waals surface area contributed by atoms with E-state index in [4.69, 9.17) is 10.2 Å². The minimum absolute atomic E-state index is 0.0101. The molecule has 0 aliphatic rings. The lowest BCUT2D eigenvalue weighted by Crippen LogP contribution is -2.24. The van der Waals surface area contributed by atoms with Gasteiger partial charge in [0.25, 0.3) is 0 Å². The topological polar surface area (TPSA) is 87.3 Å². The predicted octanol–water partition coefficient (Wildman–Crippen LogP) is 1.59. The quantitative estimate of drug-likeness (QED) is 0.641. The molecule has 26 heavy (non-hydrogen) atoms. The number of tetrazole rings is 1. The Balaban J connectivity index is 1.79. The number of hydrogen-bond acceptors (Lipinski definition) is 6. The SMILES string of the molecule is OCCN(/C=C/c1nnnn1-c1ccc(-c2ccccc2)cc1)CCO. The highest BCUT2D eigenvalue weighted by Crippen LogP contribution is 2.20. The lowest BCUT2D eigenvalue weighted by Gasteiger charge is -2.17. The van der Waals surface area contributed by atoms with Gasteiger partial charge in [-0.3, -0.25) is 0 Å². The minimum Gasteiger partial charge on any atom is -0.395 e. The summed E-state index contributed by atoms with van der Waals surface area (Å²) in [6, 6.07) is 18.1. The molecule has 0 amide bonds. The first-order valence-corrected chi connectivity index (χ1v) is 8.40. The molecule has 2 aromatic carbocycles. The van der Waals surface area contributed by atoms with Crippen LogP contribution in [0.1, 0.15) is 5.82 Å². The number of hydrogen-bond donors (Lipinski definition) is 2. The summed E-state index contributed by atoms with van der Waals surface area (Å²) in [7, 11) is 0. The predicted molar refractivity (Wildman–Crippen MR) is 99.4 cm³/mol. The van der Waals surface area contributed by atoms with Crippen molar-refractivity contribution in [2.24, 2.45) is 0 Å². The molecule has 7 heteroatoms. The van der Waals surface area contributed by atoms with E-state index in [1.807, 2.05) is 42.5 Å². The molecule has 0 atom stereocenters. The summed E-state index contributed by atoms with van der Waals surface area (Å²) in [5.74, 6) is 0.568. The van der Waals surface area contributed by atoms with Gasteiger partial charge in [0.1, 0.15) is 0 Å². The molecule has 0 aliphatic heterocycles. The maximum atomic E-state index is 9.07. The number of aromatic nitrogens is 4. The molecule has 0 fully saturated rings. The van der Waals surface area contributed by atoms with Gasteiger partial charge < -0.3 is 15.1 Å². The summed E-state index contributed by atoms with van der Waals surface area (Å²) >= 11 is 0. The highest BCUT2D eigenvalue weighted by molar-refractivity contribution is 5.64. The summed E-state index contributed by atoms with van der Waals surface area (Å²) in [6.07, 6.45) is 3.53. The van der Waals surface area contributed by atoms with Gasteiger partial charge in [-0.05, 0) is 33.7 Å². The Labute approximate surface area is 151 Å². The Morgan fingerprint density at radius 1 is 0.885 bits per heavy atom. The van der Waals surface area contributed by atoms with Crippen molar-refractivity contribution in [2.75, 3.05) is 26.3 Å². The number of aliphatic hydroxyl groups is 2.